The van der Waals surface area contributed by atoms with E-state index in [2.05, 4.69) is 117 Å². The van der Waals surface area contributed by atoms with Crippen LogP contribution in [0.15, 0.2) is 36.4 Å². The lowest BCUT2D eigenvalue weighted by Gasteiger charge is -2.51. The molecule has 0 unspecified atom stereocenters. The van der Waals surface area contributed by atoms with Gasteiger partial charge in [0.15, 0.2) is 0 Å². The molecule has 3 rings (SSSR count). The van der Waals surface area contributed by atoms with E-state index in [0.29, 0.717) is 0 Å². The molecule has 29 heavy (non-hydrogen) atoms. The van der Waals surface area contributed by atoms with E-state index in [1.807, 2.05) is 0 Å². The third-order valence-corrected chi connectivity index (χ3v) is 17.2. The normalized spacial score (nSPS) is 16.6. The van der Waals surface area contributed by atoms with Gasteiger partial charge in [-0.3, -0.25) is 0 Å². The zero-order chi connectivity index (χ0) is 22.2. The van der Waals surface area contributed by atoms with E-state index in [-0.39, 0.29) is 15.5 Å². The van der Waals surface area contributed by atoms with E-state index in [0.717, 1.165) is 0 Å². The van der Waals surface area contributed by atoms with Crippen LogP contribution in [0.4, 0.5) is 0 Å². The molecule has 0 N–H and O–H groups in total. The van der Waals surface area contributed by atoms with Crippen LogP contribution in [0, 0.1) is 0 Å². The lowest BCUT2D eigenvalue weighted by molar-refractivity contribution is 0.589. The lowest BCUT2D eigenvalue weighted by Crippen LogP contribution is -2.63. The highest BCUT2D eigenvalue weighted by Crippen LogP contribution is 2.58. The fraction of sp³-hybridized carbons (Fsp3) is 0.556. The van der Waals surface area contributed by atoms with Gasteiger partial charge >= 0.3 is 0 Å². The Labute approximate surface area is 182 Å². The molecule has 2 heteroatoms. The van der Waals surface area contributed by atoms with Gasteiger partial charge in [-0.1, -0.05) is 117 Å². The van der Waals surface area contributed by atoms with Gasteiger partial charge in [0.25, 0.3) is 0 Å². The molecule has 0 heterocycles. The van der Waals surface area contributed by atoms with Gasteiger partial charge < -0.3 is 0 Å². The smallest absolute Gasteiger partial charge is 0.0579 e. The Morgan fingerprint density at radius 2 is 0.862 bits per heavy atom. The molecule has 0 nitrogen and oxygen atoms in total. The van der Waals surface area contributed by atoms with E-state index in [1.165, 1.54) is 22.3 Å². The Kier molecular flexibility index (Phi) is 5.01. The average Bonchev–Trinajstić information content (AvgIpc) is 2.82. The first-order chi connectivity index (χ1) is 12.9. The second kappa shape index (κ2) is 6.44. The van der Waals surface area contributed by atoms with Gasteiger partial charge in [-0.25, -0.2) is 0 Å². The van der Waals surface area contributed by atoms with Crippen LogP contribution in [0.25, 0.3) is 11.1 Å². The van der Waals surface area contributed by atoms with Crippen molar-refractivity contribution in [3.05, 3.63) is 58.7 Å². The topological polar surface area (TPSA) is 0 Å². The van der Waals surface area contributed by atoms with E-state index in [1.54, 1.807) is 11.1 Å². The summed E-state index contributed by atoms with van der Waals surface area (Å²) in [5.41, 5.74) is 9.53. The second-order valence-electron chi connectivity index (χ2n) is 13.3. The number of fused-ring (bicyclic) bond motifs is 3. The van der Waals surface area contributed by atoms with E-state index in [4.69, 9.17) is 0 Å². The number of hydrogen-bond donors (Lipinski definition) is 0. The van der Waals surface area contributed by atoms with Gasteiger partial charge in [-0.15, -0.1) is 0 Å². The van der Waals surface area contributed by atoms with Crippen LogP contribution in [0.1, 0.15) is 63.8 Å². The van der Waals surface area contributed by atoms with Crippen molar-refractivity contribution in [1.29, 1.82) is 0 Å². The van der Waals surface area contributed by atoms with Crippen molar-refractivity contribution < 1.29 is 0 Å². The summed E-state index contributed by atoms with van der Waals surface area (Å²) in [5.74, 6) is 0. The molecule has 0 bridgehead atoms. The van der Waals surface area contributed by atoms with Crippen LogP contribution in [0.2, 0.25) is 39.3 Å². The largest absolute Gasteiger partial charge is 0.0688 e. The summed E-state index contributed by atoms with van der Waals surface area (Å²) in [5, 5.41) is 0. The molecule has 0 spiro atoms. The molecule has 0 saturated carbocycles. The van der Waals surface area contributed by atoms with Gasteiger partial charge in [0, 0.05) is 4.66 Å². The fourth-order valence-electron chi connectivity index (χ4n) is 6.01. The predicted molar refractivity (Wildman–Crippen MR) is 137 cm³/mol. The maximum Gasteiger partial charge on any atom is 0.0579 e. The van der Waals surface area contributed by atoms with Crippen LogP contribution < -0.4 is 0 Å². The SMILES string of the molecule is CC(C)(C)c1ccc2c(c1)-c1cc(C(C)(C)C)ccc1C2([Si](C)(C)C)[Si](C)(C)C. The fourth-order valence-corrected chi connectivity index (χ4v) is 19.1. The van der Waals surface area contributed by atoms with Crippen molar-refractivity contribution in [2.45, 2.75) is 96.3 Å². The first-order valence-electron chi connectivity index (χ1n) is 11.2. The summed E-state index contributed by atoms with van der Waals surface area (Å²) in [6.45, 7) is 29.6. The highest BCUT2D eigenvalue weighted by Gasteiger charge is 2.59. The predicted octanol–water partition coefficient (Wildman–Crippen LogP) is 8.30. The van der Waals surface area contributed by atoms with E-state index < -0.39 is 16.1 Å². The third-order valence-electron chi connectivity index (χ3n) is 7.12. The Balaban J connectivity index is 2.49. The molecule has 2 aromatic rings. The van der Waals surface area contributed by atoms with Crippen molar-refractivity contribution in [2.24, 2.45) is 0 Å². The highest BCUT2D eigenvalue weighted by atomic mass is 28.4. The van der Waals surface area contributed by atoms with Gasteiger partial charge in [0.1, 0.15) is 0 Å². The van der Waals surface area contributed by atoms with Crippen molar-refractivity contribution in [3.63, 3.8) is 0 Å². The molecule has 0 aromatic heterocycles. The standard InChI is InChI=1S/C27H42Si2/c1-25(2,3)19-13-15-23-21(17-19)22-18-20(26(4,5)6)14-16-24(22)27(23,28(7,8)9)29(10,11)12/h13-18H,1-12H3. The maximum atomic E-state index is 2.60. The lowest BCUT2D eigenvalue weighted by atomic mass is 9.83. The Morgan fingerprint density at radius 1 is 0.552 bits per heavy atom. The molecule has 158 valence electrons. The summed E-state index contributed by atoms with van der Waals surface area (Å²) in [6.07, 6.45) is 0. The number of hydrogen-bond acceptors (Lipinski definition) is 0. The minimum Gasteiger partial charge on any atom is -0.0688 e. The quantitative estimate of drug-likeness (QED) is 0.427. The van der Waals surface area contributed by atoms with Gasteiger partial charge in [-0.05, 0) is 44.2 Å². The molecule has 0 fully saturated rings. The molecule has 0 amide bonds. The molecular formula is C27H42Si2. The summed E-state index contributed by atoms with van der Waals surface area (Å²) >= 11 is 0. The molecule has 0 radical (unpaired) electrons. The van der Waals surface area contributed by atoms with Gasteiger partial charge in [0.2, 0.25) is 0 Å². The Morgan fingerprint density at radius 3 is 1.10 bits per heavy atom. The summed E-state index contributed by atoms with van der Waals surface area (Å²) in [4.78, 5) is 0. The van der Waals surface area contributed by atoms with Crippen LogP contribution in [0.5, 0.6) is 0 Å². The van der Waals surface area contributed by atoms with Gasteiger partial charge in [0.05, 0.1) is 16.1 Å². The molecule has 0 atom stereocenters. The minimum atomic E-state index is -1.58. The van der Waals surface area contributed by atoms with Crippen LogP contribution in [-0.2, 0) is 15.5 Å². The number of benzene rings is 2. The van der Waals surface area contributed by atoms with Crippen LogP contribution in [0.3, 0.4) is 0 Å². The monoisotopic (exact) mass is 422 g/mol. The molecule has 0 aliphatic heterocycles. The van der Waals surface area contributed by atoms with E-state index >= 15 is 0 Å². The van der Waals surface area contributed by atoms with Crippen molar-refractivity contribution in [2.75, 3.05) is 0 Å². The molecule has 1 aliphatic carbocycles. The first-order valence-corrected chi connectivity index (χ1v) is 18.2. The average molecular weight is 423 g/mol. The second-order valence-corrected chi connectivity index (χ2v) is 24.3. The van der Waals surface area contributed by atoms with Gasteiger partial charge in [-0.2, -0.15) is 0 Å². The highest BCUT2D eigenvalue weighted by molar-refractivity contribution is 6.99. The van der Waals surface area contributed by atoms with Crippen LogP contribution >= 0.6 is 0 Å². The summed E-state index contributed by atoms with van der Waals surface area (Å²) in [6, 6.07) is 14.9. The molecular weight excluding hydrogens is 380 g/mol. The molecule has 0 saturated heterocycles. The van der Waals surface area contributed by atoms with Crippen molar-refractivity contribution in [3.8, 4) is 11.1 Å². The Hall–Kier alpha value is -1.13. The minimum absolute atomic E-state index is 0.167. The third kappa shape index (κ3) is 3.31. The van der Waals surface area contributed by atoms with Crippen molar-refractivity contribution >= 4 is 16.1 Å². The molecule has 1 aliphatic rings. The summed E-state index contributed by atoms with van der Waals surface area (Å²) < 4.78 is 0.248. The zero-order valence-electron chi connectivity index (χ0n) is 21.0. The van der Waals surface area contributed by atoms with Crippen LogP contribution in [-0.4, -0.2) is 16.1 Å². The number of rotatable bonds is 2. The summed E-state index contributed by atoms with van der Waals surface area (Å²) in [7, 11) is -3.15. The molecule has 2 aromatic carbocycles. The zero-order valence-corrected chi connectivity index (χ0v) is 23.0. The van der Waals surface area contributed by atoms with Crippen molar-refractivity contribution in [1.82, 2.24) is 0 Å². The Bertz CT molecular complexity index is 859. The van der Waals surface area contributed by atoms with E-state index in [9.17, 15) is 0 Å². The first kappa shape index (κ1) is 22.6. The maximum absolute atomic E-state index is 2.60.